The van der Waals surface area contributed by atoms with Crippen LogP contribution in [0.15, 0.2) is 89.6 Å². The van der Waals surface area contributed by atoms with Gasteiger partial charge >= 0.3 is 21.7 Å². The predicted octanol–water partition coefficient (Wildman–Crippen LogP) is -0.551. The molecule has 0 heterocycles. The molecule has 0 spiro atoms. The first-order valence-electron chi connectivity index (χ1n) is 15.6. The van der Waals surface area contributed by atoms with Crippen LogP contribution in [0.1, 0.15) is 96.3 Å². The molecule has 0 fully saturated rings. The van der Waals surface area contributed by atoms with E-state index in [0.29, 0.717) is 5.92 Å². The minimum Gasteiger partial charge on any atom is -1.00 e. The Morgan fingerprint density at radius 3 is 1.16 bits per heavy atom. The van der Waals surface area contributed by atoms with Crippen molar-refractivity contribution in [1.82, 2.24) is 0 Å². The summed E-state index contributed by atoms with van der Waals surface area (Å²) in [7, 11) is -2.49. The average molecular weight is 688 g/mol. The predicted molar refractivity (Wildman–Crippen MR) is 174 cm³/mol. The van der Waals surface area contributed by atoms with Gasteiger partial charge in [0.15, 0.2) is 8.07 Å². The SMILES string of the molecule is CCCCc1ccc([Si](C2=[C-]C(C(C)C)=CC2)(c2ccc(CCCC)cc2)c2ccc(CCCC)cc2)cc1.[Cl-].[Cl-].[Cl-].[Ti+4]. The fourth-order valence-electron chi connectivity index (χ4n) is 6.04. The van der Waals surface area contributed by atoms with Gasteiger partial charge in [-0.05, 0) is 70.8 Å². The number of hydrogen-bond donors (Lipinski definition) is 0. The molecule has 0 radical (unpaired) electrons. The van der Waals surface area contributed by atoms with E-state index in [4.69, 9.17) is 0 Å². The van der Waals surface area contributed by atoms with E-state index in [1.165, 1.54) is 81.5 Å². The van der Waals surface area contributed by atoms with Gasteiger partial charge in [0.1, 0.15) is 0 Å². The van der Waals surface area contributed by atoms with Gasteiger partial charge in [-0.15, -0.1) is 0 Å². The fraction of sp³-hybridized carbons (Fsp3) is 0.421. The van der Waals surface area contributed by atoms with Gasteiger partial charge < -0.3 is 37.2 Å². The first-order chi connectivity index (χ1) is 19.0. The molecule has 0 nitrogen and oxygen atoms in total. The molecule has 1 aliphatic rings. The molecule has 0 saturated carbocycles. The molecule has 0 N–H and O–H groups in total. The van der Waals surface area contributed by atoms with Crippen LogP contribution in [-0.2, 0) is 41.0 Å². The van der Waals surface area contributed by atoms with Gasteiger partial charge in [0.05, 0.1) is 0 Å². The molecule has 0 atom stereocenters. The van der Waals surface area contributed by atoms with Crippen LogP contribution in [0.3, 0.4) is 0 Å². The molecule has 0 aromatic heterocycles. The van der Waals surface area contributed by atoms with Gasteiger partial charge in [-0.1, -0.05) is 139 Å². The van der Waals surface area contributed by atoms with Crippen molar-refractivity contribution in [3.8, 4) is 0 Å². The summed E-state index contributed by atoms with van der Waals surface area (Å²) in [5.74, 6) is 0.499. The summed E-state index contributed by atoms with van der Waals surface area (Å²) in [5, 5.41) is 5.99. The van der Waals surface area contributed by atoms with Crippen molar-refractivity contribution >= 4 is 23.6 Å². The third-order valence-electron chi connectivity index (χ3n) is 8.51. The van der Waals surface area contributed by atoms with Gasteiger partial charge in [0.25, 0.3) is 0 Å². The van der Waals surface area contributed by atoms with E-state index < -0.39 is 8.07 Å². The third-order valence-corrected chi connectivity index (χ3v) is 13.3. The summed E-state index contributed by atoms with van der Waals surface area (Å²) in [6, 6.07) is 29.2. The van der Waals surface area contributed by atoms with E-state index in [-0.39, 0.29) is 58.9 Å². The Hall–Kier alpha value is -1.06. The quantitative estimate of drug-likeness (QED) is 0.121. The second kappa shape index (κ2) is 20.9. The van der Waals surface area contributed by atoms with Crippen molar-refractivity contribution in [2.24, 2.45) is 5.92 Å². The summed E-state index contributed by atoms with van der Waals surface area (Å²) < 4.78 is 0. The van der Waals surface area contributed by atoms with Crippen LogP contribution in [0, 0.1) is 12.0 Å². The zero-order valence-corrected chi connectivity index (χ0v) is 31.6. The maximum absolute atomic E-state index is 4.01. The summed E-state index contributed by atoms with van der Waals surface area (Å²) in [6.07, 6.45) is 18.4. The number of rotatable bonds is 14. The molecule has 0 amide bonds. The van der Waals surface area contributed by atoms with E-state index in [1.807, 2.05) is 0 Å². The number of halogens is 3. The Morgan fingerprint density at radius 2 is 0.907 bits per heavy atom. The molecule has 1 aliphatic carbocycles. The molecule has 3 aromatic carbocycles. The van der Waals surface area contributed by atoms with Crippen molar-refractivity contribution in [2.45, 2.75) is 98.8 Å². The van der Waals surface area contributed by atoms with Gasteiger partial charge in [-0.25, -0.2) is 11.6 Å². The van der Waals surface area contributed by atoms with Crippen molar-refractivity contribution in [2.75, 3.05) is 0 Å². The molecule has 3 aromatic rings. The molecule has 5 heteroatoms. The Morgan fingerprint density at radius 1 is 0.581 bits per heavy atom. The second-order valence-electron chi connectivity index (χ2n) is 11.8. The van der Waals surface area contributed by atoms with Gasteiger partial charge in [0, 0.05) is 0 Å². The molecule has 0 unspecified atom stereocenters. The Balaban J connectivity index is 0.00000441. The average Bonchev–Trinajstić information content (AvgIpc) is 3.47. The monoisotopic (exact) mass is 686 g/mol. The van der Waals surface area contributed by atoms with Crippen LogP contribution in [0.4, 0.5) is 0 Å². The maximum Gasteiger partial charge on any atom is 4.00 e. The molecule has 0 aliphatic heterocycles. The molecular weight excluding hydrogens is 639 g/mol. The van der Waals surface area contributed by atoms with Crippen molar-refractivity contribution in [3.63, 3.8) is 0 Å². The zero-order valence-electron chi connectivity index (χ0n) is 26.8. The maximum atomic E-state index is 4.01. The van der Waals surface area contributed by atoms with Crippen LogP contribution in [0.5, 0.6) is 0 Å². The van der Waals surface area contributed by atoms with E-state index >= 15 is 0 Å². The minimum absolute atomic E-state index is 0. The topological polar surface area (TPSA) is 0 Å². The van der Waals surface area contributed by atoms with Crippen LogP contribution < -0.4 is 52.8 Å². The normalized spacial score (nSPS) is 12.3. The van der Waals surface area contributed by atoms with E-state index in [9.17, 15) is 0 Å². The zero-order chi connectivity index (χ0) is 27.7. The Labute approximate surface area is 297 Å². The molecule has 43 heavy (non-hydrogen) atoms. The van der Waals surface area contributed by atoms with Crippen molar-refractivity contribution in [3.05, 3.63) is 112 Å². The Bertz CT molecular complexity index is 1120. The van der Waals surface area contributed by atoms with Gasteiger partial charge in [-0.2, -0.15) is 5.20 Å². The number of aryl methyl sites for hydroxylation is 3. The number of benzene rings is 3. The largest absolute Gasteiger partial charge is 4.00 e. The molecule has 0 bridgehead atoms. The smallest absolute Gasteiger partial charge is 1.00 e. The summed E-state index contributed by atoms with van der Waals surface area (Å²) in [4.78, 5) is 0. The van der Waals surface area contributed by atoms with E-state index in [2.05, 4.69) is 120 Å². The Kier molecular flexibility index (Phi) is 20.4. The third kappa shape index (κ3) is 10.2. The molecule has 4 rings (SSSR count). The summed E-state index contributed by atoms with van der Waals surface area (Å²) >= 11 is 0. The fourth-order valence-corrected chi connectivity index (χ4v) is 10.8. The van der Waals surface area contributed by atoms with Gasteiger partial charge in [0.2, 0.25) is 0 Å². The van der Waals surface area contributed by atoms with Crippen LogP contribution in [-0.4, -0.2) is 8.07 Å². The molecular formula is C38H49Cl3SiTi. The van der Waals surface area contributed by atoms with Crippen LogP contribution in [0.2, 0.25) is 0 Å². The van der Waals surface area contributed by atoms with E-state index in [1.54, 1.807) is 0 Å². The van der Waals surface area contributed by atoms with Crippen molar-refractivity contribution in [1.29, 1.82) is 0 Å². The van der Waals surface area contributed by atoms with Crippen LogP contribution >= 0.6 is 0 Å². The van der Waals surface area contributed by atoms with Gasteiger partial charge in [-0.3, -0.25) is 6.08 Å². The van der Waals surface area contributed by atoms with Crippen LogP contribution in [0.25, 0.3) is 0 Å². The van der Waals surface area contributed by atoms with E-state index in [0.717, 1.165) is 25.7 Å². The minimum atomic E-state index is -2.49. The second-order valence-corrected chi connectivity index (χ2v) is 15.6. The standard InChI is InChI=1S/C38H49Si.3ClH.Ti/c1-6-9-12-31-15-22-35(23-16-31)39(38-28-21-34(29-38)30(4)5,36-24-17-32(18-25-36)13-10-7-2)37-26-19-33(20-27-37)14-11-8-3;;;;/h15-27,30H,6-14,28H2,1-5H3;3*1H;/q-1;;;;+4/p-3. The first kappa shape index (κ1) is 41.9. The number of unbranched alkanes of at least 4 members (excludes halogenated alkanes) is 3. The molecule has 230 valence electrons. The molecule has 0 saturated heterocycles. The summed E-state index contributed by atoms with van der Waals surface area (Å²) in [5.41, 5.74) is 5.75. The summed E-state index contributed by atoms with van der Waals surface area (Å²) in [6.45, 7) is 11.4. The number of allylic oxidation sites excluding steroid dienone is 4. The first-order valence-corrected chi connectivity index (χ1v) is 17.6. The van der Waals surface area contributed by atoms with Crippen molar-refractivity contribution < 1.29 is 58.9 Å². The number of hydrogen-bond acceptors (Lipinski definition) is 0.